The van der Waals surface area contributed by atoms with Gasteiger partial charge in [-0.15, -0.1) is 0 Å². The van der Waals surface area contributed by atoms with Crippen LogP contribution in [0, 0.1) is 0 Å². The molecular formula is C10H17N3O4S. The molecule has 1 aliphatic rings. The molecular weight excluding hydrogens is 258 g/mol. The first-order chi connectivity index (χ1) is 8.62. The molecule has 0 bridgehead atoms. The van der Waals surface area contributed by atoms with Crippen molar-refractivity contribution in [2.75, 3.05) is 26.4 Å². The van der Waals surface area contributed by atoms with Crippen LogP contribution in [0.5, 0.6) is 0 Å². The third-order valence-electron chi connectivity index (χ3n) is 2.63. The predicted molar refractivity (Wildman–Crippen MR) is 64.4 cm³/mol. The third-order valence-corrected chi connectivity index (χ3v) is 4.04. The molecule has 0 spiro atoms. The molecule has 0 radical (unpaired) electrons. The monoisotopic (exact) mass is 275 g/mol. The summed E-state index contributed by atoms with van der Waals surface area (Å²) in [6.45, 7) is 1.93. The van der Waals surface area contributed by atoms with Crippen LogP contribution in [0.25, 0.3) is 0 Å². The molecule has 0 saturated carbocycles. The fraction of sp³-hybridized carbons (Fsp3) is 0.600. The van der Waals surface area contributed by atoms with Crippen LogP contribution in [0.3, 0.4) is 0 Å². The van der Waals surface area contributed by atoms with E-state index in [0.29, 0.717) is 25.5 Å². The molecule has 8 heteroatoms. The van der Waals surface area contributed by atoms with E-state index in [9.17, 15) is 8.42 Å². The Hall–Kier alpha value is -0.930. The highest BCUT2D eigenvalue weighted by Gasteiger charge is 2.20. The lowest BCUT2D eigenvalue weighted by molar-refractivity contribution is -0.0846. The van der Waals surface area contributed by atoms with Crippen molar-refractivity contribution >= 4 is 10.0 Å². The maximum absolute atomic E-state index is 11.9. The van der Waals surface area contributed by atoms with Gasteiger partial charge in [-0.3, -0.25) is 0 Å². The fourth-order valence-electron chi connectivity index (χ4n) is 1.63. The Morgan fingerprint density at radius 1 is 1.50 bits per heavy atom. The van der Waals surface area contributed by atoms with Crippen LogP contribution in [-0.2, 0) is 26.0 Å². The third kappa shape index (κ3) is 3.30. The van der Waals surface area contributed by atoms with Crippen molar-refractivity contribution in [2.24, 2.45) is 5.73 Å². The highest BCUT2D eigenvalue weighted by molar-refractivity contribution is 7.89. The summed E-state index contributed by atoms with van der Waals surface area (Å²) in [7, 11) is -3.52. The van der Waals surface area contributed by atoms with Gasteiger partial charge in [-0.05, 0) is 6.07 Å². The lowest BCUT2D eigenvalue weighted by Gasteiger charge is -2.22. The van der Waals surface area contributed by atoms with E-state index >= 15 is 0 Å². The Morgan fingerprint density at radius 3 is 2.94 bits per heavy atom. The summed E-state index contributed by atoms with van der Waals surface area (Å²) in [5, 5.41) is 0. The van der Waals surface area contributed by atoms with Gasteiger partial charge in [-0.2, -0.15) is 0 Å². The molecule has 0 aliphatic carbocycles. The van der Waals surface area contributed by atoms with E-state index in [-0.39, 0.29) is 24.1 Å². The van der Waals surface area contributed by atoms with Gasteiger partial charge in [0, 0.05) is 25.0 Å². The Bertz CT molecular complexity index is 479. The largest absolute Gasteiger partial charge is 0.376 e. The van der Waals surface area contributed by atoms with Gasteiger partial charge in [0.15, 0.2) is 0 Å². The van der Waals surface area contributed by atoms with Gasteiger partial charge >= 0.3 is 0 Å². The molecule has 1 aliphatic heterocycles. The Balaban J connectivity index is 1.94. The van der Waals surface area contributed by atoms with E-state index in [4.69, 9.17) is 15.2 Å². The summed E-state index contributed by atoms with van der Waals surface area (Å²) < 4.78 is 36.9. The zero-order valence-electron chi connectivity index (χ0n) is 9.89. The zero-order valence-corrected chi connectivity index (χ0v) is 10.7. The molecule has 1 aromatic rings. The average molecular weight is 275 g/mol. The van der Waals surface area contributed by atoms with Crippen molar-refractivity contribution in [1.82, 2.24) is 9.71 Å². The molecule has 2 rings (SSSR count). The molecule has 4 N–H and O–H groups in total. The standard InChI is InChI=1S/C10H17N3O4S/c11-4-8-3-10(6-12-8)18(14,15)13-5-9-7-16-1-2-17-9/h3,6,9,12-13H,1-2,4-5,7,11H2. The molecule has 1 saturated heterocycles. The average Bonchev–Trinajstić information content (AvgIpc) is 2.87. The number of aromatic nitrogens is 1. The van der Waals surface area contributed by atoms with Crippen LogP contribution in [0.15, 0.2) is 17.2 Å². The number of rotatable bonds is 5. The first kappa shape index (κ1) is 13.5. The van der Waals surface area contributed by atoms with Crippen LogP contribution >= 0.6 is 0 Å². The smallest absolute Gasteiger partial charge is 0.242 e. The lowest BCUT2D eigenvalue weighted by Crippen LogP contribution is -2.39. The van der Waals surface area contributed by atoms with Gasteiger partial charge < -0.3 is 20.2 Å². The topological polar surface area (TPSA) is 106 Å². The van der Waals surface area contributed by atoms with E-state index in [0.717, 1.165) is 0 Å². The second kappa shape index (κ2) is 5.81. The summed E-state index contributed by atoms with van der Waals surface area (Å²) in [6, 6.07) is 1.51. The van der Waals surface area contributed by atoms with Gasteiger partial charge in [-0.25, -0.2) is 13.1 Å². The molecule has 1 atom stereocenters. The quantitative estimate of drug-likeness (QED) is 0.650. The van der Waals surface area contributed by atoms with E-state index in [1.165, 1.54) is 12.3 Å². The SMILES string of the molecule is NCc1cc(S(=O)(=O)NCC2COCCO2)c[nH]1. The first-order valence-electron chi connectivity index (χ1n) is 5.68. The Morgan fingerprint density at radius 2 is 2.33 bits per heavy atom. The number of sulfonamides is 1. The molecule has 18 heavy (non-hydrogen) atoms. The van der Waals surface area contributed by atoms with Gasteiger partial charge in [0.1, 0.15) is 0 Å². The van der Waals surface area contributed by atoms with E-state index in [1.807, 2.05) is 0 Å². The van der Waals surface area contributed by atoms with Crippen molar-refractivity contribution in [3.05, 3.63) is 18.0 Å². The molecule has 7 nitrogen and oxygen atoms in total. The Labute approximate surface area is 106 Å². The molecule has 1 unspecified atom stereocenters. The van der Waals surface area contributed by atoms with Gasteiger partial charge in [0.25, 0.3) is 0 Å². The maximum Gasteiger partial charge on any atom is 0.242 e. The minimum absolute atomic E-state index is 0.180. The van der Waals surface area contributed by atoms with E-state index in [2.05, 4.69) is 9.71 Å². The molecule has 102 valence electrons. The fourth-order valence-corrected chi connectivity index (χ4v) is 2.72. The summed E-state index contributed by atoms with van der Waals surface area (Å²) in [5.74, 6) is 0. The molecule has 2 heterocycles. The van der Waals surface area contributed by atoms with Crippen molar-refractivity contribution in [3.8, 4) is 0 Å². The maximum atomic E-state index is 11.9. The lowest BCUT2D eigenvalue weighted by atomic mass is 10.3. The van der Waals surface area contributed by atoms with Crippen LogP contribution < -0.4 is 10.5 Å². The van der Waals surface area contributed by atoms with Crippen LogP contribution in [0.2, 0.25) is 0 Å². The highest BCUT2D eigenvalue weighted by Crippen LogP contribution is 2.10. The van der Waals surface area contributed by atoms with Gasteiger partial charge in [0.05, 0.1) is 30.8 Å². The Kier molecular flexibility index (Phi) is 4.36. The number of hydrogen-bond acceptors (Lipinski definition) is 5. The number of nitrogens with two attached hydrogens (primary N) is 1. The van der Waals surface area contributed by atoms with E-state index < -0.39 is 10.0 Å². The van der Waals surface area contributed by atoms with Gasteiger partial charge in [-0.1, -0.05) is 0 Å². The zero-order chi connectivity index (χ0) is 13.0. The van der Waals surface area contributed by atoms with Crippen molar-refractivity contribution in [2.45, 2.75) is 17.5 Å². The summed E-state index contributed by atoms with van der Waals surface area (Å²) >= 11 is 0. The first-order valence-corrected chi connectivity index (χ1v) is 7.16. The van der Waals surface area contributed by atoms with Crippen molar-refractivity contribution < 1.29 is 17.9 Å². The van der Waals surface area contributed by atoms with Crippen molar-refractivity contribution in [3.63, 3.8) is 0 Å². The second-order valence-electron chi connectivity index (χ2n) is 3.98. The summed E-state index contributed by atoms with van der Waals surface area (Å²) in [6.07, 6.45) is 1.18. The van der Waals surface area contributed by atoms with E-state index in [1.54, 1.807) is 0 Å². The van der Waals surface area contributed by atoms with Gasteiger partial charge in [0.2, 0.25) is 10.0 Å². The molecule has 0 aromatic carbocycles. The van der Waals surface area contributed by atoms with Crippen LogP contribution in [0.1, 0.15) is 5.69 Å². The molecule has 1 fully saturated rings. The normalized spacial score (nSPS) is 21.1. The number of ether oxygens (including phenoxy) is 2. The minimum Gasteiger partial charge on any atom is -0.376 e. The highest BCUT2D eigenvalue weighted by atomic mass is 32.2. The molecule has 1 aromatic heterocycles. The molecule has 0 amide bonds. The van der Waals surface area contributed by atoms with Crippen LogP contribution in [0.4, 0.5) is 0 Å². The number of aromatic amines is 1. The number of hydrogen-bond donors (Lipinski definition) is 3. The number of nitrogens with one attached hydrogen (secondary N) is 2. The van der Waals surface area contributed by atoms with Crippen LogP contribution in [-0.4, -0.2) is 45.9 Å². The summed E-state index contributed by atoms with van der Waals surface area (Å²) in [4.78, 5) is 2.98. The van der Waals surface area contributed by atoms with Crippen molar-refractivity contribution in [1.29, 1.82) is 0 Å². The summed E-state index contributed by atoms with van der Waals surface area (Å²) in [5.41, 5.74) is 6.09. The predicted octanol–water partition coefficient (Wildman–Crippen LogP) is -0.833. The number of H-pyrrole nitrogens is 1. The minimum atomic E-state index is -3.52. The second-order valence-corrected chi connectivity index (χ2v) is 5.75.